The monoisotopic (exact) mass is 242 g/mol. The lowest BCUT2D eigenvalue weighted by Crippen LogP contribution is -2.59. The predicted octanol–water partition coefficient (Wildman–Crippen LogP) is -2.72. The van der Waals surface area contributed by atoms with E-state index in [-0.39, 0.29) is 0 Å². The molecule has 0 amide bonds. The third-order valence-electron chi connectivity index (χ3n) is 2.13. The first-order chi connectivity index (χ1) is 6.86. The Hall–Kier alpha value is -0.340. The quantitative estimate of drug-likeness (QED) is 0.328. The van der Waals surface area contributed by atoms with E-state index in [1.54, 1.807) is 0 Å². The van der Waals surface area contributed by atoms with Gasteiger partial charge in [-0.3, -0.25) is 0 Å². The normalized spacial score (nSPS) is 43.7. The second-order valence-corrected chi connectivity index (χ2v) is 4.26. The largest absolute Gasteiger partial charge is 0.387 e. The van der Waals surface area contributed by atoms with Crippen LogP contribution in [0.3, 0.4) is 0 Å². The molecule has 5 N–H and O–H groups in total. The molecule has 1 heterocycles. The van der Waals surface area contributed by atoms with Crippen molar-refractivity contribution in [2.75, 3.05) is 0 Å². The Labute approximate surface area is 84.6 Å². The minimum Gasteiger partial charge on any atom is -0.387 e. The average Bonchev–Trinajstić information content (AvgIpc) is 2.19. The summed E-state index contributed by atoms with van der Waals surface area (Å²) in [6.45, 7) is 0. The van der Waals surface area contributed by atoms with E-state index in [1.807, 2.05) is 0 Å². The summed E-state index contributed by atoms with van der Waals surface area (Å²) in [7, 11) is -3.30. The summed E-state index contributed by atoms with van der Waals surface area (Å²) in [6.07, 6.45) is -8.90. The Morgan fingerprint density at radius 1 is 1.00 bits per heavy atom. The molecule has 1 aliphatic rings. The summed E-state index contributed by atoms with van der Waals surface area (Å²) in [5.74, 6) is -2.06. The first-order valence-corrected chi connectivity index (χ1v) is 5.30. The molecular weight excluding hydrogens is 231 g/mol. The van der Waals surface area contributed by atoms with Crippen LogP contribution in [0.5, 0.6) is 0 Å². The zero-order valence-electron chi connectivity index (χ0n) is 7.37. The van der Waals surface area contributed by atoms with Crippen molar-refractivity contribution < 1.29 is 39.4 Å². The summed E-state index contributed by atoms with van der Waals surface area (Å²) in [5, 5.41) is 45.6. The van der Waals surface area contributed by atoms with Gasteiger partial charge in [-0.25, -0.2) is 9.13 Å². The van der Waals surface area contributed by atoms with Gasteiger partial charge in [-0.1, -0.05) is 0 Å². The van der Waals surface area contributed by atoms with Gasteiger partial charge in [0.1, 0.15) is 24.4 Å². The van der Waals surface area contributed by atoms with Crippen LogP contribution in [0.25, 0.3) is 0 Å². The second kappa shape index (κ2) is 4.67. The lowest BCUT2D eigenvalue weighted by molar-refractivity contribution is -0.290. The van der Waals surface area contributed by atoms with E-state index in [0.29, 0.717) is 0 Å². The second-order valence-electron chi connectivity index (χ2n) is 3.16. The van der Waals surface area contributed by atoms with Crippen LogP contribution in [0.1, 0.15) is 0 Å². The topological polar surface area (TPSA) is 145 Å². The third kappa shape index (κ3) is 2.43. The zero-order valence-corrected chi connectivity index (χ0v) is 8.27. The summed E-state index contributed by atoms with van der Waals surface area (Å²) < 4.78 is 25.3. The van der Waals surface area contributed by atoms with Gasteiger partial charge in [0.2, 0.25) is 0 Å². The van der Waals surface area contributed by atoms with Crippen LogP contribution >= 0.6 is 7.68 Å². The van der Waals surface area contributed by atoms with Crippen molar-refractivity contribution in [2.45, 2.75) is 36.6 Å². The first kappa shape index (κ1) is 12.7. The van der Waals surface area contributed by atoms with E-state index in [1.165, 1.54) is 0 Å². The molecule has 15 heavy (non-hydrogen) atoms. The standard InChI is InChI=1S/C6H11O8P/c7-1-2(8)4(6(11)15(12)13)14-5(10)3(1)9/h1-11H. The molecule has 9 heteroatoms. The summed E-state index contributed by atoms with van der Waals surface area (Å²) in [6, 6.07) is 0. The zero-order chi connectivity index (χ0) is 11.7. The van der Waals surface area contributed by atoms with Gasteiger partial charge in [0.15, 0.2) is 12.1 Å². The van der Waals surface area contributed by atoms with Gasteiger partial charge >= 0.3 is 7.68 Å². The molecule has 88 valence electrons. The van der Waals surface area contributed by atoms with Crippen molar-refractivity contribution in [3.8, 4) is 0 Å². The Morgan fingerprint density at radius 2 is 1.53 bits per heavy atom. The Bertz CT molecular complexity index is 283. The fourth-order valence-corrected chi connectivity index (χ4v) is 1.74. The van der Waals surface area contributed by atoms with Crippen molar-refractivity contribution in [2.24, 2.45) is 0 Å². The van der Waals surface area contributed by atoms with Crippen molar-refractivity contribution in [1.82, 2.24) is 0 Å². The van der Waals surface area contributed by atoms with Gasteiger partial charge in [0, 0.05) is 0 Å². The summed E-state index contributed by atoms with van der Waals surface area (Å²) >= 11 is 0. The molecule has 1 saturated heterocycles. The molecule has 0 aromatic rings. The van der Waals surface area contributed by atoms with Gasteiger partial charge < -0.3 is 30.3 Å². The van der Waals surface area contributed by atoms with E-state index in [2.05, 4.69) is 4.74 Å². The van der Waals surface area contributed by atoms with Gasteiger partial charge in [-0.2, -0.15) is 0 Å². The molecule has 0 bridgehead atoms. The van der Waals surface area contributed by atoms with Gasteiger partial charge in [0.05, 0.1) is 0 Å². The number of ether oxygens (including phenoxy) is 1. The van der Waals surface area contributed by atoms with Crippen LogP contribution in [-0.2, 0) is 13.9 Å². The minimum absolute atomic E-state index is 1.69. The lowest BCUT2D eigenvalue weighted by atomic mass is 9.99. The Balaban J connectivity index is 2.83. The van der Waals surface area contributed by atoms with Crippen molar-refractivity contribution >= 4 is 7.68 Å². The third-order valence-corrected chi connectivity index (χ3v) is 2.86. The molecule has 0 saturated carbocycles. The molecule has 0 aromatic heterocycles. The fourth-order valence-electron chi connectivity index (χ4n) is 1.25. The smallest absolute Gasteiger partial charge is 0.347 e. The van der Waals surface area contributed by atoms with Crippen LogP contribution in [0.2, 0.25) is 0 Å². The number of hydrogen-bond acceptors (Lipinski definition) is 8. The van der Waals surface area contributed by atoms with E-state index in [9.17, 15) is 14.2 Å². The SMILES string of the molecule is O=P(=O)C(O)C1OC(O)C(O)C(O)C1O. The highest BCUT2D eigenvalue weighted by molar-refractivity contribution is 7.31. The number of aliphatic hydroxyl groups is 5. The number of aliphatic hydroxyl groups excluding tert-OH is 5. The molecule has 6 atom stereocenters. The Morgan fingerprint density at radius 3 is 2.00 bits per heavy atom. The van der Waals surface area contributed by atoms with E-state index < -0.39 is 44.2 Å². The lowest BCUT2D eigenvalue weighted by Gasteiger charge is -2.38. The van der Waals surface area contributed by atoms with Crippen LogP contribution in [0.15, 0.2) is 0 Å². The maximum atomic E-state index is 10.4. The van der Waals surface area contributed by atoms with Crippen molar-refractivity contribution in [3.05, 3.63) is 0 Å². The summed E-state index contributed by atoms with van der Waals surface area (Å²) in [5.41, 5.74) is 0. The molecule has 8 nitrogen and oxygen atoms in total. The predicted molar refractivity (Wildman–Crippen MR) is 43.2 cm³/mol. The van der Waals surface area contributed by atoms with Gasteiger partial charge in [0.25, 0.3) is 0 Å². The maximum absolute atomic E-state index is 10.4. The number of rotatable bonds is 2. The Kier molecular flexibility index (Phi) is 3.96. The number of hydrogen-bond donors (Lipinski definition) is 5. The van der Waals surface area contributed by atoms with E-state index in [0.717, 1.165) is 0 Å². The molecular formula is C6H11O8P. The average molecular weight is 242 g/mol. The molecule has 0 spiro atoms. The molecule has 0 aliphatic carbocycles. The molecule has 0 aromatic carbocycles. The van der Waals surface area contributed by atoms with Crippen LogP contribution in [0.4, 0.5) is 0 Å². The van der Waals surface area contributed by atoms with E-state index in [4.69, 9.17) is 20.4 Å². The van der Waals surface area contributed by atoms with E-state index >= 15 is 0 Å². The molecule has 1 aliphatic heterocycles. The fraction of sp³-hybridized carbons (Fsp3) is 1.00. The van der Waals surface area contributed by atoms with Crippen molar-refractivity contribution in [3.63, 3.8) is 0 Å². The summed E-state index contributed by atoms with van der Waals surface area (Å²) in [4.78, 5) is 0. The van der Waals surface area contributed by atoms with Crippen molar-refractivity contribution in [1.29, 1.82) is 0 Å². The molecule has 0 radical (unpaired) electrons. The van der Waals surface area contributed by atoms with Crippen LogP contribution in [0, 0.1) is 0 Å². The first-order valence-electron chi connectivity index (χ1n) is 4.05. The molecule has 6 unspecified atom stereocenters. The van der Waals surface area contributed by atoms with Gasteiger partial charge in [-0.05, 0) is 0 Å². The molecule has 1 fully saturated rings. The highest BCUT2D eigenvalue weighted by Gasteiger charge is 2.47. The van der Waals surface area contributed by atoms with Crippen LogP contribution in [-0.4, -0.2) is 62.1 Å². The van der Waals surface area contributed by atoms with Gasteiger partial charge in [-0.15, -0.1) is 0 Å². The highest BCUT2D eigenvalue weighted by atomic mass is 31.1. The van der Waals surface area contributed by atoms with Crippen LogP contribution < -0.4 is 0 Å². The highest BCUT2D eigenvalue weighted by Crippen LogP contribution is 2.28. The maximum Gasteiger partial charge on any atom is 0.347 e. The minimum atomic E-state index is -3.30. The molecule has 1 rings (SSSR count).